The minimum atomic E-state index is -4.92. The number of carbonyl (C=O) groups excluding carboxylic acids is 1. The summed E-state index contributed by atoms with van der Waals surface area (Å²) < 4.78 is 81.0. The molecule has 0 saturated carbocycles. The molecule has 13 heteroatoms. The minimum Gasteiger partial charge on any atom is -0.341 e. The Bertz CT molecular complexity index is 1400. The number of pyridine rings is 1. The number of likely N-dealkylation sites (tertiary alicyclic amines) is 1. The second-order valence-electron chi connectivity index (χ2n) is 8.74. The van der Waals surface area contributed by atoms with Crippen LogP contribution in [0.1, 0.15) is 34.9 Å². The first kappa shape index (κ1) is 25.2. The summed E-state index contributed by atoms with van der Waals surface area (Å²) in [5.41, 5.74) is -1.62. The van der Waals surface area contributed by atoms with Crippen LogP contribution in [0.2, 0.25) is 0 Å². The van der Waals surface area contributed by atoms with Gasteiger partial charge in [-0.2, -0.15) is 26.3 Å². The van der Waals surface area contributed by atoms with Crippen molar-refractivity contribution in [2.45, 2.75) is 37.7 Å². The van der Waals surface area contributed by atoms with E-state index in [4.69, 9.17) is 0 Å². The molecule has 1 aliphatic heterocycles. The zero-order chi connectivity index (χ0) is 26.4. The molecule has 6 nitrogen and oxygen atoms in total. The minimum absolute atomic E-state index is 0.0496. The number of hydrogen-bond donors (Lipinski definition) is 0. The van der Waals surface area contributed by atoms with Gasteiger partial charge >= 0.3 is 12.4 Å². The van der Waals surface area contributed by atoms with Crippen molar-refractivity contribution in [2.24, 2.45) is 0 Å². The van der Waals surface area contributed by atoms with Crippen molar-refractivity contribution in [1.29, 1.82) is 0 Å². The summed E-state index contributed by atoms with van der Waals surface area (Å²) in [7, 11) is 0. The average molecular weight is 540 g/mol. The van der Waals surface area contributed by atoms with Crippen LogP contribution >= 0.6 is 11.3 Å². The lowest BCUT2D eigenvalue weighted by atomic mass is 9.97. The van der Waals surface area contributed by atoms with Crippen LogP contribution in [-0.2, 0) is 23.7 Å². The number of carbonyl (C=O) groups is 1. The molecule has 0 aliphatic carbocycles. The molecule has 5 rings (SSSR count). The third-order valence-electron chi connectivity index (χ3n) is 6.28. The van der Waals surface area contributed by atoms with Crippen molar-refractivity contribution in [3.05, 3.63) is 64.4 Å². The molecule has 0 N–H and O–H groups in total. The molecule has 0 unspecified atom stereocenters. The fourth-order valence-electron chi connectivity index (χ4n) is 4.34. The number of amides is 1. The first-order chi connectivity index (χ1) is 17.5. The third-order valence-corrected chi connectivity index (χ3v) is 7.29. The Kier molecular flexibility index (Phi) is 6.42. The van der Waals surface area contributed by atoms with Gasteiger partial charge in [0.25, 0.3) is 0 Å². The number of thiazole rings is 1. The topological polar surface area (TPSA) is 63.9 Å². The van der Waals surface area contributed by atoms with Gasteiger partial charge in [0.1, 0.15) is 12.1 Å². The molecule has 1 aliphatic rings. The Hall–Kier alpha value is -3.48. The Labute approximate surface area is 210 Å². The molecule has 0 bridgehead atoms. The molecule has 0 spiro atoms. The maximum absolute atomic E-state index is 13.2. The van der Waals surface area contributed by atoms with Gasteiger partial charge in [0.05, 0.1) is 28.2 Å². The van der Waals surface area contributed by atoms with Crippen molar-refractivity contribution in [3.63, 3.8) is 0 Å². The van der Waals surface area contributed by atoms with Gasteiger partial charge in [0.15, 0.2) is 5.65 Å². The summed E-state index contributed by atoms with van der Waals surface area (Å²) in [6, 6.07) is 5.04. The van der Waals surface area contributed by atoms with Gasteiger partial charge in [-0.1, -0.05) is 0 Å². The highest BCUT2D eigenvalue weighted by Crippen LogP contribution is 2.40. The van der Waals surface area contributed by atoms with E-state index in [2.05, 4.69) is 15.0 Å². The predicted molar refractivity (Wildman–Crippen MR) is 124 cm³/mol. The number of fused-ring (bicyclic) bond motifs is 1. The highest BCUT2D eigenvalue weighted by atomic mass is 32.1. The normalized spacial score (nSPS) is 15.5. The quantitative estimate of drug-likeness (QED) is 0.299. The molecule has 4 heterocycles. The maximum atomic E-state index is 13.2. The molecule has 1 aromatic carbocycles. The first-order valence-electron chi connectivity index (χ1n) is 11.3. The zero-order valence-electron chi connectivity index (χ0n) is 19.1. The number of hydrogen-bond acceptors (Lipinski definition) is 5. The number of aromatic nitrogens is 4. The first-order valence-corrected chi connectivity index (χ1v) is 12.2. The monoisotopic (exact) mass is 539 g/mol. The SMILES string of the molecule is O=C(Cn1cnc2cccnc21)N1CCC(c2nc(-c3cc(C(F)(F)F)cc(C(F)(F)F)c3)cs2)CC1. The number of piperidine rings is 1. The lowest BCUT2D eigenvalue weighted by Crippen LogP contribution is -2.39. The molecule has 1 amide bonds. The van der Waals surface area contributed by atoms with Gasteiger partial charge in [0, 0.05) is 36.1 Å². The average Bonchev–Trinajstić information content (AvgIpc) is 3.51. The second-order valence-corrected chi connectivity index (χ2v) is 9.63. The van der Waals surface area contributed by atoms with Gasteiger partial charge < -0.3 is 9.47 Å². The van der Waals surface area contributed by atoms with Crippen LogP contribution in [0.5, 0.6) is 0 Å². The third kappa shape index (κ3) is 5.31. The second kappa shape index (κ2) is 9.43. The molecular formula is C24H19F6N5OS. The molecule has 37 heavy (non-hydrogen) atoms. The molecule has 0 radical (unpaired) electrons. The number of nitrogens with zero attached hydrogens (tertiary/aromatic N) is 5. The van der Waals surface area contributed by atoms with E-state index in [1.807, 2.05) is 0 Å². The fraction of sp³-hybridized carbons (Fsp3) is 0.333. The van der Waals surface area contributed by atoms with E-state index < -0.39 is 23.5 Å². The van der Waals surface area contributed by atoms with E-state index in [0.29, 0.717) is 54.2 Å². The molecule has 4 aromatic rings. The molecule has 1 saturated heterocycles. The van der Waals surface area contributed by atoms with Gasteiger partial charge in [-0.15, -0.1) is 11.3 Å². The van der Waals surface area contributed by atoms with Crippen molar-refractivity contribution >= 4 is 28.4 Å². The zero-order valence-corrected chi connectivity index (χ0v) is 19.9. The summed E-state index contributed by atoms with van der Waals surface area (Å²) in [6.07, 6.45) is -5.49. The molecule has 194 valence electrons. The summed E-state index contributed by atoms with van der Waals surface area (Å²) in [5.74, 6) is -0.140. The Balaban J connectivity index is 1.27. The van der Waals surface area contributed by atoms with E-state index in [-0.39, 0.29) is 35.7 Å². The van der Waals surface area contributed by atoms with Crippen molar-refractivity contribution < 1.29 is 31.1 Å². The number of imidazole rings is 1. The highest BCUT2D eigenvalue weighted by molar-refractivity contribution is 7.10. The van der Waals surface area contributed by atoms with E-state index in [1.165, 1.54) is 16.7 Å². The van der Waals surface area contributed by atoms with E-state index in [0.717, 1.165) is 0 Å². The maximum Gasteiger partial charge on any atom is 0.416 e. The molecule has 1 fully saturated rings. The largest absolute Gasteiger partial charge is 0.416 e. The van der Waals surface area contributed by atoms with Crippen molar-refractivity contribution in [2.75, 3.05) is 13.1 Å². The lowest BCUT2D eigenvalue weighted by Gasteiger charge is -2.31. The molecular weight excluding hydrogens is 520 g/mol. The van der Waals surface area contributed by atoms with Gasteiger partial charge in [-0.3, -0.25) is 4.79 Å². The van der Waals surface area contributed by atoms with Crippen LogP contribution in [0.4, 0.5) is 26.3 Å². The number of rotatable bonds is 4. The number of halogens is 6. The van der Waals surface area contributed by atoms with Gasteiger partial charge in [-0.25, -0.2) is 15.0 Å². The van der Waals surface area contributed by atoms with Crippen molar-refractivity contribution in [3.8, 4) is 11.3 Å². The summed E-state index contributed by atoms with van der Waals surface area (Å²) in [5, 5.41) is 2.09. The van der Waals surface area contributed by atoms with E-state index in [1.54, 1.807) is 34.1 Å². The fourth-order valence-corrected chi connectivity index (χ4v) is 5.35. The van der Waals surface area contributed by atoms with Crippen LogP contribution in [0.3, 0.4) is 0 Å². The summed E-state index contributed by atoms with van der Waals surface area (Å²) in [6.45, 7) is 1.01. The molecule has 3 aromatic heterocycles. The van der Waals surface area contributed by atoms with Crippen LogP contribution in [0.15, 0.2) is 48.2 Å². The van der Waals surface area contributed by atoms with Gasteiger partial charge in [-0.05, 0) is 43.2 Å². The van der Waals surface area contributed by atoms with Gasteiger partial charge in [0.2, 0.25) is 5.91 Å². The van der Waals surface area contributed by atoms with Crippen LogP contribution in [0, 0.1) is 0 Å². The Morgan fingerprint density at radius 1 is 1.00 bits per heavy atom. The van der Waals surface area contributed by atoms with E-state index in [9.17, 15) is 31.1 Å². The van der Waals surface area contributed by atoms with Crippen LogP contribution in [0.25, 0.3) is 22.4 Å². The standard InChI is InChI=1S/C24H19F6N5OS/c25-23(26,27)16-8-15(9-17(10-16)24(28,29)30)19-12-37-22(33-19)14-3-6-34(7-4-14)20(36)11-35-13-32-18-2-1-5-31-21(18)35/h1-2,5,8-10,12-14H,3-4,6-7,11H2. The number of benzene rings is 1. The van der Waals surface area contributed by atoms with Crippen LogP contribution in [-0.4, -0.2) is 43.4 Å². The van der Waals surface area contributed by atoms with E-state index >= 15 is 0 Å². The summed E-state index contributed by atoms with van der Waals surface area (Å²) >= 11 is 1.19. The Morgan fingerprint density at radius 3 is 2.32 bits per heavy atom. The van der Waals surface area contributed by atoms with Crippen LogP contribution < -0.4 is 0 Å². The smallest absolute Gasteiger partial charge is 0.341 e. The highest BCUT2D eigenvalue weighted by Gasteiger charge is 2.37. The van der Waals surface area contributed by atoms with Crippen molar-refractivity contribution in [1.82, 2.24) is 24.4 Å². The number of alkyl halides is 6. The lowest BCUT2D eigenvalue weighted by molar-refractivity contribution is -0.143. The summed E-state index contributed by atoms with van der Waals surface area (Å²) in [4.78, 5) is 27.4. The molecule has 0 atom stereocenters. The predicted octanol–water partition coefficient (Wildman–Crippen LogP) is 6.00. The Morgan fingerprint density at radius 2 is 1.68 bits per heavy atom.